The standard InChI is InChI=1S/C6H7BF3OS.K/c8-7(9,10)5-12-4-6-2-1-3-11-6;/h1-3H,4-5H2;/q-1;+1. The van der Waals surface area contributed by atoms with Gasteiger partial charge in [-0.3, -0.25) is 0 Å². The van der Waals surface area contributed by atoms with Crippen LogP contribution in [0.5, 0.6) is 0 Å². The van der Waals surface area contributed by atoms with Crippen LogP contribution < -0.4 is 51.4 Å². The molecule has 1 nitrogen and oxygen atoms in total. The number of hydrogen-bond donors (Lipinski definition) is 0. The average Bonchev–Trinajstić information content (AvgIpc) is 2.36. The molecule has 0 saturated carbocycles. The van der Waals surface area contributed by atoms with Gasteiger partial charge in [0.15, 0.2) is 0 Å². The van der Waals surface area contributed by atoms with Gasteiger partial charge in [0, 0.05) is 5.75 Å². The zero-order valence-corrected chi connectivity index (χ0v) is 11.1. The maximum atomic E-state index is 11.7. The van der Waals surface area contributed by atoms with Crippen LogP contribution in [0.2, 0.25) is 0 Å². The third kappa shape index (κ3) is 7.10. The average molecular weight is 234 g/mol. The van der Waals surface area contributed by atoms with E-state index < -0.39 is 12.6 Å². The van der Waals surface area contributed by atoms with Crippen molar-refractivity contribution in [1.29, 1.82) is 0 Å². The minimum absolute atomic E-state index is 0. The molecule has 0 radical (unpaired) electrons. The summed E-state index contributed by atoms with van der Waals surface area (Å²) in [4.78, 5) is 0. The summed E-state index contributed by atoms with van der Waals surface area (Å²) in [6.45, 7) is -4.66. The molecule has 0 aliphatic rings. The topological polar surface area (TPSA) is 13.1 Å². The molecule has 1 rings (SSSR count). The number of rotatable bonds is 4. The predicted octanol–water partition coefficient (Wildman–Crippen LogP) is -0.0966. The van der Waals surface area contributed by atoms with Crippen molar-refractivity contribution in [3.05, 3.63) is 24.2 Å². The fourth-order valence-electron chi connectivity index (χ4n) is 0.688. The van der Waals surface area contributed by atoms with Crippen molar-refractivity contribution >= 4 is 18.7 Å². The van der Waals surface area contributed by atoms with E-state index >= 15 is 0 Å². The quantitative estimate of drug-likeness (QED) is 0.675. The Balaban J connectivity index is 0.00000144. The largest absolute Gasteiger partial charge is 1.00 e. The first kappa shape index (κ1) is 14.1. The molecule has 0 aromatic carbocycles. The molecule has 0 unspecified atom stereocenters. The van der Waals surface area contributed by atoms with E-state index in [0.717, 1.165) is 11.8 Å². The second-order valence-corrected chi connectivity index (χ2v) is 3.34. The summed E-state index contributed by atoms with van der Waals surface area (Å²) in [6.07, 6.45) is 1.45. The summed E-state index contributed by atoms with van der Waals surface area (Å²) in [5.41, 5.74) is -0.763. The molecule has 1 aromatic heterocycles. The molecule has 1 heterocycles. The molecular formula is C6H7BF3KOS. The second-order valence-electron chi connectivity index (χ2n) is 2.30. The number of furan rings is 1. The van der Waals surface area contributed by atoms with Gasteiger partial charge in [0.2, 0.25) is 0 Å². The second kappa shape index (κ2) is 6.58. The van der Waals surface area contributed by atoms with E-state index in [9.17, 15) is 12.9 Å². The molecule has 0 aliphatic carbocycles. The monoisotopic (exact) mass is 234 g/mol. The summed E-state index contributed by atoms with van der Waals surface area (Å²) in [7, 11) is 0. The molecule has 0 bridgehead atoms. The molecule has 1 aromatic rings. The Kier molecular flexibility index (Phi) is 7.14. The number of thioether (sulfide) groups is 1. The molecule has 0 fully saturated rings. The number of hydrogen-bond acceptors (Lipinski definition) is 2. The summed E-state index contributed by atoms with van der Waals surface area (Å²) in [6, 6.07) is 3.32. The summed E-state index contributed by atoms with van der Waals surface area (Å²) >= 11 is 0.827. The van der Waals surface area contributed by atoms with Gasteiger partial charge in [-0.25, -0.2) is 0 Å². The fraction of sp³-hybridized carbons (Fsp3) is 0.333. The minimum atomic E-state index is -4.66. The van der Waals surface area contributed by atoms with Gasteiger partial charge in [0.05, 0.1) is 6.26 Å². The molecule has 7 heteroatoms. The maximum Gasteiger partial charge on any atom is 1.00 e. The molecular weight excluding hydrogens is 227 g/mol. The van der Waals surface area contributed by atoms with Crippen LogP contribution in [0.1, 0.15) is 5.76 Å². The molecule has 0 atom stereocenters. The summed E-state index contributed by atoms with van der Waals surface area (Å²) in [5.74, 6) is 0.869. The normalized spacial score (nSPS) is 11.0. The Morgan fingerprint density at radius 1 is 1.38 bits per heavy atom. The smallest absolute Gasteiger partial charge is 0.468 e. The van der Waals surface area contributed by atoms with Crippen molar-refractivity contribution in [2.24, 2.45) is 0 Å². The molecule has 0 saturated heterocycles. The van der Waals surface area contributed by atoms with Gasteiger partial charge < -0.3 is 17.4 Å². The van der Waals surface area contributed by atoms with Crippen molar-refractivity contribution in [2.45, 2.75) is 5.75 Å². The maximum absolute atomic E-state index is 11.7. The van der Waals surface area contributed by atoms with Crippen LogP contribution in [-0.2, 0) is 5.75 Å². The molecule has 0 spiro atoms. The Labute approximate surface area is 121 Å². The molecule has 0 amide bonds. The zero-order valence-electron chi connectivity index (χ0n) is 7.17. The number of halogens is 3. The zero-order chi connectivity index (χ0) is 9.03. The van der Waals surface area contributed by atoms with Crippen molar-refractivity contribution in [1.82, 2.24) is 0 Å². The first-order valence-corrected chi connectivity index (χ1v) is 4.54. The Bertz CT molecular complexity index is 226. The molecule has 68 valence electrons. The van der Waals surface area contributed by atoms with Crippen LogP contribution in [0.3, 0.4) is 0 Å². The van der Waals surface area contributed by atoms with Crippen LogP contribution in [0.25, 0.3) is 0 Å². The molecule has 0 N–H and O–H groups in total. The van der Waals surface area contributed by atoms with E-state index in [1.54, 1.807) is 12.1 Å². The van der Waals surface area contributed by atoms with Crippen LogP contribution >= 0.6 is 11.8 Å². The third-order valence-electron chi connectivity index (χ3n) is 1.13. The third-order valence-corrected chi connectivity index (χ3v) is 2.23. The van der Waals surface area contributed by atoms with E-state index in [-0.39, 0.29) is 57.1 Å². The van der Waals surface area contributed by atoms with Crippen LogP contribution in [0.4, 0.5) is 12.9 Å². The van der Waals surface area contributed by atoms with Crippen molar-refractivity contribution in [3.8, 4) is 0 Å². The molecule has 0 aliphatic heterocycles. The fourth-order valence-corrected chi connectivity index (χ4v) is 1.44. The van der Waals surface area contributed by atoms with Crippen molar-refractivity contribution in [3.63, 3.8) is 0 Å². The van der Waals surface area contributed by atoms with Gasteiger partial charge >= 0.3 is 58.4 Å². The van der Waals surface area contributed by atoms with Crippen LogP contribution in [-0.4, -0.2) is 12.6 Å². The van der Waals surface area contributed by atoms with Crippen LogP contribution in [0.15, 0.2) is 22.8 Å². The van der Waals surface area contributed by atoms with Gasteiger partial charge in [-0.15, -0.1) is 0 Å². The molecule has 13 heavy (non-hydrogen) atoms. The van der Waals surface area contributed by atoms with E-state index in [4.69, 9.17) is 4.42 Å². The van der Waals surface area contributed by atoms with Crippen LogP contribution in [0, 0.1) is 0 Å². The van der Waals surface area contributed by atoms with E-state index in [0.29, 0.717) is 5.76 Å². The first-order chi connectivity index (χ1) is 5.58. The van der Waals surface area contributed by atoms with Gasteiger partial charge in [-0.05, 0) is 17.8 Å². The van der Waals surface area contributed by atoms with E-state index in [1.165, 1.54) is 6.26 Å². The Morgan fingerprint density at radius 2 is 2.08 bits per heavy atom. The minimum Gasteiger partial charge on any atom is -0.468 e. The van der Waals surface area contributed by atoms with Gasteiger partial charge in [-0.2, -0.15) is 11.8 Å². The summed E-state index contributed by atoms with van der Waals surface area (Å²) in [5, 5.41) is 0. The van der Waals surface area contributed by atoms with E-state index in [2.05, 4.69) is 0 Å². The Hall–Kier alpha value is 1.12. The van der Waals surface area contributed by atoms with E-state index in [1.807, 2.05) is 0 Å². The van der Waals surface area contributed by atoms with Gasteiger partial charge in [0.1, 0.15) is 5.76 Å². The van der Waals surface area contributed by atoms with Crippen molar-refractivity contribution < 1.29 is 68.7 Å². The SMILES string of the molecule is F[B-](F)(F)CSCc1ccco1.[K+]. The predicted molar refractivity (Wildman–Crippen MR) is 43.9 cm³/mol. The van der Waals surface area contributed by atoms with Crippen molar-refractivity contribution in [2.75, 3.05) is 5.65 Å². The Morgan fingerprint density at radius 3 is 2.54 bits per heavy atom. The first-order valence-electron chi connectivity index (χ1n) is 3.39. The summed E-state index contributed by atoms with van der Waals surface area (Å²) < 4.78 is 40.0. The van der Waals surface area contributed by atoms with Gasteiger partial charge in [-0.1, -0.05) is 0 Å². The van der Waals surface area contributed by atoms with Gasteiger partial charge in [0.25, 0.3) is 0 Å².